The molecule has 0 atom stereocenters. The number of hydrogen-bond acceptors (Lipinski definition) is 1. The zero-order chi connectivity index (χ0) is 14.6. The summed E-state index contributed by atoms with van der Waals surface area (Å²) in [5, 5.41) is 3.39. The van der Waals surface area contributed by atoms with Crippen LogP contribution in [0.4, 0.5) is 0 Å². The Morgan fingerprint density at radius 1 is 1.24 bits per heavy atom. The molecule has 1 heterocycles. The van der Waals surface area contributed by atoms with Gasteiger partial charge in [0.05, 0.1) is 0 Å². The molecule has 4 aliphatic carbocycles. The zero-order valence-corrected chi connectivity index (χ0v) is 14.1. The molecule has 1 N–H and O–H groups in total. The molecule has 21 heavy (non-hydrogen) atoms. The van der Waals surface area contributed by atoms with E-state index in [1.54, 1.807) is 0 Å². The molecule has 4 bridgehead atoms. The smallest absolute Gasteiger partial charge is 0.268 e. The standard InChI is InChI=1S/C17H23BrN2O/c1-2-20-9-14(18)8-15(20)17(21)19-16-12-4-10-3-11(6-12)7-13(16)5-10/h8-13,16H,2-7H2,1H3,(H,19,21). The molecule has 4 heteroatoms. The largest absolute Gasteiger partial charge is 0.347 e. The number of aromatic nitrogens is 1. The maximum Gasteiger partial charge on any atom is 0.268 e. The number of rotatable bonds is 3. The van der Waals surface area contributed by atoms with Crippen molar-refractivity contribution < 1.29 is 4.79 Å². The van der Waals surface area contributed by atoms with Crippen molar-refractivity contribution in [2.45, 2.75) is 51.6 Å². The SMILES string of the molecule is CCn1cc(Br)cc1C(=O)NC1C2CC3CC(C2)CC1C3. The molecular weight excluding hydrogens is 328 g/mol. The van der Waals surface area contributed by atoms with Crippen LogP contribution >= 0.6 is 15.9 Å². The number of carbonyl (C=O) groups is 1. The van der Waals surface area contributed by atoms with Crippen LogP contribution in [0.15, 0.2) is 16.7 Å². The van der Waals surface area contributed by atoms with E-state index in [4.69, 9.17) is 0 Å². The second kappa shape index (κ2) is 5.15. The summed E-state index contributed by atoms with van der Waals surface area (Å²) in [4.78, 5) is 12.7. The van der Waals surface area contributed by atoms with Crippen LogP contribution in [0.5, 0.6) is 0 Å². The highest BCUT2D eigenvalue weighted by Crippen LogP contribution is 2.53. The first kappa shape index (κ1) is 13.9. The lowest BCUT2D eigenvalue weighted by Crippen LogP contribution is -2.56. The third kappa shape index (κ3) is 2.36. The Balaban J connectivity index is 1.52. The van der Waals surface area contributed by atoms with Crippen LogP contribution in [0.25, 0.3) is 0 Å². The highest BCUT2D eigenvalue weighted by molar-refractivity contribution is 9.10. The summed E-state index contributed by atoms with van der Waals surface area (Å²) in [5.74, 6) is 3.49. The van der Waals surface area contributed by atoms with Crippen molar-refractivity contribution in [3.8, 4) is 0 Å². The Labute approximate surface area is 134 Å². The average molecular weight is 351 g/mol. The number of carbonyl (C=O) groups excluding carboxylic acids is 1. The Morgan fingerprint density at radius 3 is 2.43 bits per heavy atom. The van der Waals surface area contributed by atoms with Gasteiger partial charge >= 0.3 is 0 Å². The molecule has 1 amide bonds. The molecule has 0 aliphatic heterocycles. The molecule has 4 saturated carbocycles. The Bertz CT molecular complexity index is 537. The summed E-state index contributed by atoms with van der Waals surface area (Å²) in [6, 6.07) is 2.36. The molecule has 3 nitrogen and oxygen atoms in total. The molecule has 4 aliphatic rings. The number of nitrogens with one attached hydrogen (secondary N) is 1. The molecule has 0 unspecified atom stereocenters. The van der Waals surface area contributed by atoms with E-state index in [2.05, 4.69) is 28.2 Å². The highest BCUT2D eigenvalue weighted by Gasteiger charge is 2.48. The molecule has 1 aromatic heterocycles. The van der Waals surface area contributed by atoms with Crippen molar-refractivity contribution in [3.05, 3.63) is 22.4 Å². The van der Waals surface area contributed by atoms with Crippen LogP contribution in [0, 0.1) is 23.7 Å². The predicted octanol–water partition coefficient (Wildman–Crippen LogP) is 3.83. The summed E-state index contributed by atoms with van der Waals surface area (Å²) in [6.07, 6.45) is 8.82. The number of amides is 1. The van der Waals surface area contributed by atoms with Gasteiger partial charge in [0.2, 0.25) is 0 Å². The molecule has 5 rings (SSSR count). The first-order chi connectivity index (χ1) is 10.1. The van der Waals surface area contributed by atoms with Gasteiger partial charge in [-0.15, -0.1) is 0 Å². The van der Waals surface area contributed by atoms with Gasteiger partial charge < -0.3 is 9.88 Å². The van der Waals surface area contributed by atoms with Crippen molar-refractivity contribution in [2.24, 2.45) is 23.7 Å². The van der Waals surface area contributed by atoms with Crippen LogP contribution in [0.2, 0.25) is 0 Å². The normalized spacial score (nSPS) is 37.0. The monoisotopic (exact) mass is 350 g/mol. The van der Waals surface area contributed by atoms with Gasteiger partial charge in [0.1, 0.15) is 5.69 Å². The Hall–Kier alpha value is -0.770. The van der Waals surface area contributed by atoms with Gasteiger partial charge in [0, 0.05) is 23.3 Å². The summed E-state index contributed by atoms with van der Waals surface area (Å²) in [7, 11) is 0. The lowest BCUT2D eigenvalue weighted by Gasteiger charge is -2.54. The van der Waals surface area contributed by atoms with E-state index >= 15 is 0 Å². The number of nitrogens with zero attached hydrogens (tertiary/aromatic N) is 1. The number of aryl methyl sites for hydroxylation is 1. The van der Waals surface area contributed by atoms with E-state index in [0.717, 1.165) is 40.4 Å². The molecule has 0 radical (unpaired) electrons. The van der Waals surface area contributed by atoms with E-state index in [0.29, 0.717) is 6.04 Å². The summed E-state index contributed by atoms with van der Waals surface area (Å²) in [5.41, 5.74) is 0.790. The Morgan fingerprint density at radius 2 is 1.86 bits per heavy atom. The molecule has 114 valence electrons. The zero-order valence-electron chi connectivity index (χ0n) is 12.5. The second-order valence-corrected chi connectivity index (χ2v) is 8.18. The summed E-state index contributed by atoms with van der Waals surface area (Å²) in [6.45, 7) is 2.90. The van der Waals surface area contributed by atoms with Gasteiger partial charge in [0.15, 0.2) is 0 Å². The van der Waals surface area contributed by atoms with Gasteiger partial charge in [-0.3, -0.25) is 4.79 Å². The summed E-state index contributed by atoms with van der Waals surface area (Å²) >= 11 is 3.48. The fourth-order valence-corrected chi connectivity index (χ4v) is 5.78. The summed E-state index contributed by atoms with van der Waals surface area (Å²) < 4.78 is 3.01. The number of hydrogen-bond donors (Lipinski definition) is 1. The topological polar surface area (TPSA) is 34.0 Å². The fourth-order valence-electron chi connectivity index (χ4n) is 5.31. The molecule has 0 saturated heterocycles. The van der Waals surface area contributed by atoms with Crippen molar-refractivity contribution >= 4 is 21.8 Å². The maximum atomic E-state index is 12.7. The minimum absolute atomic E-state index is 0.111. The highest BCUT2D eigenvalue weighted by atomic mass is 79.9. The van der Waals surface area contributed by atoms with Crippen LogP contribution in [-0.4, -0.2) is 16.5 Å². The molecule has 0 spiro atoms. The predicted molar refractivity (Wildman–Crippen MR) is 86.1 cm³/mol. The quantitative estimate of drug-likeness (QED) is 0.883. The lowest BCUT2D eigenvalue weighted by atomic mass is 9.54. The van der Waals surface area contributed by atoms with Crippen molar-refractivity contribution in [2.75, 3.05) is 0 Å². The molecule has 4 fully saturated rings. The fraction of sp³-hybridized carbons (Fsp3) is 0.706. The van der Waals surface area contributed by atoms with E-state index in [9.17, 15) is 4.79 Å². The average Bonchev–Trinajstić information content (AvgIpc) is 2.83. The minimum atomic E-state index is 0.111. The second-order valence-electron chi connectivity index (χ2n) is 7.26. The molecule has 1 aromatic rings. The van der Waals surface area contributed by atoms with Crippen molar-refractivity contribution in [1.29, 1.82) is 0 Å². The van der Waals surface area contributed by atoms with E-state index in [1.165, 1.54) is 32.1 Å². The van der Waals surface area contributed by atoms with E-state index < -0.39 is 0 Å². The number of halogens is 1. The van der Waals surface area contributed by atoms with Gasteiger partial charge in [-0.25, -0.2) is 0 Å². The van der Waals surface area contributed by atoms with Crippen molar-refractivity contribution in [3.63, 3.8) is 0 Å². The van der Waals surface area contributed by atoms with Crippen LogP contribution in [0.1, 0.15) is 49.5 Å². The van der Waals surface area contributed by atoms with Gasteiger partial charge in [-0.2, -0.15) is 0 Å². The van der Waals surface area contributed by atoms with Crippen LogP contribution in [0.3, 0.4) is 0 Å². The van der Waals surface area contributed by atoms with Crippen LogP contribution < -0.4 is 5.32 Å². The maximum absolute atomic E-state index is 12.7. The Kier molecular flexibility index (Phi) is 3.40. The molecular formula is C17H23BrN2O. The van der Waals surface area contributed by atoms with Gasteiger partial charge in [-0.05, 0) is 84.7 Å². The van der Waals surface area contributed by atoms with Crippen LogP contribution in [-0.2, 0) is 6.54 Å². The third-order valence-corrected chi connectivity index (χ3v) is 6.39. The first-order valence-corrected chi connectivity index (χ1v) is 9.10. The van der Waals surface area contributed by atoms with E-state index in [-0.39, 0.29) is 5.91 Å². The minimum Gasteiger partial charge on any atom is -0.347 e. The van der Waals surface area contributed by atoms with E-state index in [1.807, 2.05) is 16.8 Å². The van der Waals surface area contributed by atoms with Gasteiger partial charge in [-0.1, -0.05) is 0 Å². The first-order valence-electron chi connectivity index (χ1n) is 8.30. The molecule has 0 aromatic carbocycles. The van der Waals surface area contributed by atoms with Gasteiger partial charge in [0.25, 0.3) is 5.91 Å². The van der Waals surface area contributed by atoms with Crippen molar-refractivity contribution in [1.82, 2.24) is 9.88 Å². The third-order valence-electron chi connectivity index (χ3n) is 5.96. The lowest BCUT2D eigenvalue weighted by molar-refractivity contribution is -0.0120.